The molecule has 1 fully saturated rings. The normalized spacial score (nSPS) is 15.4. The summed E-state index contributed by atoms with van der Waals surface area (Å²) in [6.07, 6.45) is 6.40. The molecule has 1 aromatic carbocycles. The van der Waals surface area contributed by atoms with Crippen LogP contribution in [0.3, 0.4) is 0 Å². The molecular weight excluding hydrogens is 458 g/mol. The van der Waals surface area contributed by atoms with Gasteiger partial charge in [0.05, 0.1) is 19.5 Å². The van der Waals surface area contributed by atoms with E-state index >= 15 is 0 Å². The van der Waals surface area contributed by atoms with Gasteiger partial charge in [-0.3, -0.25) is 14.4 Å². The number of hydrogen-bond donors (Lipinski definition) is 2. The topological polar surface area (TPSA) is 106 Å². The average Bonchev–Trinajstić information content (AvgIpc) is 3.29. The molecule has 1 aromatic heterocycles. The lowest BCUT2D eigenvalue weighted by Crippen LogP contribution is -2.50. The highest BCUT2D eigenvalue weighted by Gasteiger charge is 2.28. The number of nitrogens with zero attached hydrogens (tertiary/aromatic N) is 3. The van der Waals surface area contributed by atoms with E-state index in [2.05, 4.69) is 22.5 Å². The van der Waals surface area contributed by atoms with Crippen molar-refractivity contribution in [3.8, 4) is 0 Å². The van der Waals surface area contributed by atoms with Crippen LogP contribution in [0.5, 0.6) is 0 Å². The molecule has 3 rings (SSSR count). The molecule has 9 heteroatoms. The molecule has 1 atom stereocenters. The lowest BCUT2D eigenvalue weighted by molar-refractivity contribution is -0.133. The van der Waals surface area contributed by atoms with Gasteiger partial charge in [-0.25, -0.2) is 4.98 Å². The molecule has 9 nitrogen and oxygen atoms in total. The largest absolute Gasteiger partial charge is 0.374 e. The summed E-state index contributed by atoms with van der Waals surface area (Å²) in [5.41, 5.74) is 0.312. The Hall–Kier alpha value is -3.20. The van der Waals surface area contributed by atoms with Crippen LogP contribution in [0.4, 0.5) is 5.82 Å². The third-order valence-electron chi connectivity index (χ3n) is 6.45. The van der Waals surface area contributed by atoms with Gasteiger partial charge in [0.15, 0.2) is 5.82 Å². The minimum atomic E-state index is -0.896. The molecule has 2 N–H and O–H groups in total. The first kappa shape index (κ1) is 27.4. The lowest BCUT2D eigenvalue weighted by Gasteiger charge is -2.31. The quantitative estimate of drug-likeness (QED) is 0.524. The molecule has 0 radical (unpaired) electrons. The fourth-order valence-corrected chi connectivity index (χ4v) is 4.00. The van der Waals surface area contributed by atoms with E-state index < -0.39 is 17.4 Å². The molecule has 0 bridgehead atoms. The maximum Gasteiger partial charge on any atom is 0.250 e. The number of anilines is 1. The first-order valence-electron chi connectivity index (χ1n) is 12.7. The molecule has 36 heavy (non-hydrogen) atoms. The zero-order valence-electron chi connectivity index (χ0n) is 21.8. The van der Waals surface area contributed by atoms with Crippen LogP contribution >= 0.6 is 0 Å². The van der Waals surface area contributed by atoms with Crippen molar-refractivity contribution in [3.05, 3.63) is 48.4 Å². The Morgan fingerprint density at radius 1 is 1.14 bits per heavy atom. The molecule has 3 amide bonds. The maximum absolute atomic E-state index is 13.0. The maximum atomic E-state index is 13.0. The Kier molecular flexibility index (Phi) is 9.64. The van der Waals surface area contributed by atoms with Gasteiger partial charge in [0.1, 0.15) is 12.6 Å². The van der Waals surface area contributed by atoms with Crippen LogP contribution in [0.1, 0.15) is 52.5 Å². The van der Waals surface area contributed by atoms with Gasteiger partial charge in [-0.2, -0.15) is 0 Å². The Labute approximate surface area is 213 Å². The van der Waals surface area contributed by atoms with Gasteiger partial charge in [0.2, 0.25) is 11.8 Å². The number of imidazole rings is 1. The van der Waals surface area contributed by atoms with Gasteiger partial charge in [-0.05, 0) is 24.3 Å². The number of nitrogens with one attached hydrogen (secondary N) is 2. The summed E-state index contributed by atoms with van der Waals surface area (Å²) < 4.78 is 7.41. The lowest BCUT2D eigenvalue weighted by atomic mass is 9.94. The van der Waals surface area contributed by atoms with Crippen molar-refractivity contribution in [2.75, 3.05) is 25.0 Å². The number of ether oxygens (including phenoxy) is 1. The Balaban J connectivity index is 1.56. The minimum absolute atomic E-state index is 0.00938. The van der Waals surface area contributed by atoms with Crippen molar-refractivity contribution in [2.45, 2.75) is 66.2 Å². The number of carbonyl (C=O) groups excluding carboxylic acids is 3. The second kappa shape index (κ2) is 12.7. The van der Waals surface area contributed by atoms with Gasteiger partial charge in [0.25, 0.3) is 5.91 Å². The van der Waals surface area contributed by atoms with Crippen LogP contribution in [0.2, 0.25) is 0 Å². The highest BCUT2D eigenvalue weighted by atomic mass is 16.5. The van der Waals surface area contributed by atoms with Crippen molar-refractivity contribution in [2.24, 2.45) is 11.3 Å². The third-order valence-corrected chi connectivity index (χ3v) is 6.45. The summed E-state index contributed by atoms with van der Waals surface area (Å²) in [5.74, 6) is 0.375. The number of aromatic nitrogens is 2. The van der Waals surface area contributed by atoms with E-state index in [0.717, 1.165) is 37.9 Å². The second-order valence-corrected chi connectivity index (χ2v) is 10.4. The molecule has 0 spiro atoms. The van der Waals surface area contributed by atoms with Crippen molar-refractivity contribution in [3.63, 3.8) is 0 Å². The smallest absolute Gasteiger partial charge is 0.250 e. The van der Waals surface area contributed by atoms with Crippen LogP contribution in [0, 0.1) is 11.3 Å². The predicted octanol–water partition coefficient (Wildman–Crippen LogP) is 3.22. The van der Waals surface area contributed by atoms with E-state index in [1.54, 1.807) is 31.5 Å². The monoisotopic (exact) mass is 497 g/mol. The van der Waals surface area contributed by atoms with Crippen LogP contribution in [0.25, 0.3) is 0 Å². The molecule has 0 aliphatic carbocycles. The van der Waals surface area contributed by atoms with Crippen molar-refractivity contribution in [1.82, 2.24) is 19.8 Å². The number of rotatable bonds is 10. The molecule has 1 aliphatic heterocycles. The Bertz CT molecular complexity index is 1010. The SMILES string of the molecule is CCC1CCN(C(=O)Cn2cnc(NC(=O)[C@@H](COCc3ccccc3)NC(=O)C(C)(C)C)c2)CC1. The van der Waals surface area contributed by atoms with Gasteiger partial charge < -0.3 is 24.8 Å². The number of amides is 3. The third kappa shape index (κ3) is 8.19. The first-order valence-corrected chi connectivity index (χ1v) is 12.7. The number of hydrogen-bond acceptors (Lipinski definition) is 5. The Morgan fingerprint density at radius 3 is 2.47 bits per heavy atom. The molecule has 2 heterocycles. The standard InChI is InChI=1S/C27H39N5O4/c1-5-20-11-13-32(14-12-20)24(33)16-31-15-23(28-19-31)30-25(34)22(29-26(35)27(2,3)4)18-36-17-21-9-7-6-8-10-21/h6-10,15,19-20,22H,5,11-14,16-18H2,1-4H3,(H,29,35)(H,30,34)/t22-/m1/s1. The average molecular weight is 498 g/mol. The summed E-state index contributed by atoms with van der Waals surface area (Å²) in [6, 6.07) is 8.72. The number of likely N-dealkylation sites (tertiary alicyclic amines) is 1. The van der Waals surface area contributed by atoms with E-state index in [-0.39, 0.29) is 25.0 Å². The molecule has 196 valence electrons. The van der Waals surface area contributed by atoms with E-state index in [9.17, 15) is 14.4 Å². The van der Waals surface area contributed by atoms with Crippen molar-refractivity contribution < 1.29 is 19.1 Å². The minimum Gasteiger partial charge on any atom is -0.374 e. The van der Waals surface area contributed by atoms with Crippen LogP contribution in [0.15, 0.2) is 42.9 Å². The van der Waals surface area contributed by atoms with Crippen LogP contribution in [-0.4, -0.2) is 57.9 Å². The molecule has 0 unspecified atom stereocenters. The highest BCUT2D eigenvalue weighted by molar-refractivity contribution is 5.97. The zero-order valence-corrected chi connectivity index (χ0v) is 21.8. The van der Waals surface area contributed by atoms with Gasteiger partial charge in [-0.15, -0.1) is 0 Å². The molecule has 1 saturated heterocycles. The van der Waals surface area contributed by atoms with E-state index in [1.165, 1.54) is 6.33 Å². The fourth-order valence-electron chi connectivity index (χ4n) is 4.00. The van der Waals surface area contributed by atoms with Gasteiger partial charge in [0, 0.05) is 24.7 Å². The summed E-state index contributed by atoms with van der Waals surface area (Å²) in [4.78, 5) is 44.4. The fraction of sp³-hybridized carbons (Fsp3) is 0.556. The molecular formula is C27H39N5O4. The van der Waals surface area contributed by atoms with Crippen molar-refractivity contribution in [1.29, 1.82) is 0 Å². The van der Waals surface area contributed by atoms with Crippen LogP contribution < -0.4 is 10.6 Å². The molecule has 0 saturated carbocycles. The predicted molar refractivity (Wildman–Crippen MR) is 138 cm³/mol. The molecule has 2 aromatic rings. The van der Waals surface area contributed by atoms with Gasteiger partial charge >= 0.3 is 0 Å². The Morgan fingerprint density at radius 2 is 1.83 bits per heavy atom. The van der Waals surface area contributed by atoms with E-state index in [1.807, 2.05) is 35.2 Å². The van der Waals surface area contributed by atoms with Gasteiger partial charge in [-0.1, -0.05) is 64.4 Å². The number of benzene rings is 1. The van der Waals surface area contributed by atoms with Crippen LogP contribution in [-0.2, 0) is 32.3 Å². The van der Waals surface area contributed by atoms with E-state index in [0.29, 0.717) is 18.3 Å². The number of carbonyl (C=O) groups is 3. The van der Waals surface area contributed by atoms with Crippen molar-refractivity contribution >= 4 is 23.5 Å². The first-order chi connectivity index (χ1) is 17.2. The molecule has 1 aliphatic rings. The summed E-state index contributed by atoms with van der Waals surface area (Å²) in [5, 5.41) is 5.53. The summed E-state index contributed by atoms with van der Waals surface area (Å²) >= 11 is 0. The highest BCUT2D eigenvalue weighted by Crippen LogP contribution is 2.20. The number of piperidine rings is 1. The summed E-state index contributed by atoms with van der Waals surface area (Å²) in [6.45, 7) is 9.61. The second-order valence-electron chi connectivity index (χ2n) is 10.4. The summed E-state index contributed by atoms with van der Waals surface area (Å²) in [7, 11) is 0. The van der Waals surface area contributed by atoms with E-state index in [4.69, 9.17) is 4.74 Å². The zero-order chi connectivity index (χ0) is 26.1.